The number of amides is 1. The molecule has 1 amide bonds. The minimum Gasteiger partial charge on any atom is -0.447 e. The molecule has 0 radical (unpaired) electrons. The van der Waals surface area contributed by atoms with Gasteiger partial charge in [-0.15, -0.1) is 11.3 Å². The van der Waals surface area contributed by atoms with E-state index in [1.807, 2.05) is 25.1 Å². The summed E-state index contributed by atoms with van der Waals surface area (Å²) in [5.74, 6) is 0. The molecule has 6 heteroatoms. The highest BCUT2D eigenvalue weighted by Gasteiger charge is 2.23. The minimum atomic E-state index is -0.267. The van der Waals surface area contributed by atoms with E-state index in [0.717, 1.165) is 28.5 Å². The van der Waals surface area contributed by atoms with E-state index in [9.17, 15) is 4.79 Å². The molecule has 3 rings (SSSR count). The summed E-state index contributed by atoms with van der Waals surface area (Å²) in [6, 6.07) is 8.21. The van der Waals surface area contributed by atoms with Gasteiger partial charge in [0.1, 0.15) is 6.61 Å². The van der Waals surface area contributed by atoms with Gasteiger partial charge in [-0.2, -0.15) is 0 Å². The van der Waals surface area contributed by atoms with Crippen molar-refractivity contribution in [2.75, 3.05) is 18.1 Å². The Bertz CT molecular complexity index is 714. The summed E-state index contributed by atoms with van der Waals surface area (Å²) < 4.78 is 5.01. The molecule has 0 bridgehead atoms. The molecule has 1 aliphatic heterocycles. The van der Waals surface area contributed by atoms with Crippen molar-refractivity contribution < 1.29 is 9.53 Å². The van der Waals surface area contributed by atoms with Crippen LogP contribution in [-0.2, 0) is 11.3 Å². The molecule has 1 atom stereocenters. The van der Waals surface area contributed by atoms with Crippen LogP contribution in [0.4, 0.5) is 10.5 Å². The van der Waals surface area contributed by atoms with Gasteiger partial charge in [0.2, 0.25) is 0 Å². The summed E-state index contributed by atoms with van der Waals surface area (Å²) in [6.45, 7) is 8.07. The Morgan fingerprint density at radius 2 is 2.26 bits per heavy atom. The van der Waals surface area contributed by atoms with E-state index in [0.29, 0.717) is 13.2 Å². The number of nitrogens with zero attached hydrogens (tertiary/aromatic N) is 2. The number of hydrogen-bond donors (Lipinski definition) is 1. The molecule has 1 saturated heterocycles. The number of carbonyl (C=O) groups excluding carboxylic acids is 1. The third kappa shape index (κ3) is 3.54. The van der Waals surface area contributed by atoms with Crippen molar-refractivity contribution in [3.05, 3.63) is 45.4 Å². The Morgan fingerprint density at radius 3 is 2.91 bits per heavy atom. The second-order valence-corrected chi connectivity index (χ2v) is 7.11. The van der Waals surface area contributed by atoms with Crippen LogP contribution in [0.2, 0.25) is 0 Å². The SMILES string of the molecule is Cc1nc(CN[C@@H](C)c2cccc(N3CCOC3=O)c2)c(C)s1. The lowest BCUT2D eigenvalue weighted by molar-refractivity contribution is 0.181. The number of ether oxygens (including phenoxy) is 1. The molecule has 1 aromatic heterocycles. The van der Waals surface area contributed by atoms with Gasteiger partial charge in [0.25, 0.3) is 0 Å². The van der Waals surface area contributed by atoms with Crippen molar-refractivity contribution in [3.63, 3.8) is 0 Å². The molecular formula is C17H21N3O2S. The smallest absolute Gasteiger partial charge is 0.414 e. The first-order valence-corrected chi connectivity index (χ1v) is 8.57. The fourth-order valence-electron chi connectivity index (χ4n) is 2.69. The summed E-state index contributed by atoms with van der Waals surface area (Å²) in [5.41, 5.74) is 3.14. The van der Waals surface area contributed by atoms with Crippen LogP contribution in [0, 0.1) is 13.8 Å². The summed E-state index contributed by atoms with van der Waals surface area (Å²) in [4.78, 5) is 19.2. The number of nitrogens with one attached hydrogen (secondary N) is 1. The molecule has 2 aromatic rings. The quantitative estimate of drug-likeness (QED) is 0.910. The highest BCUT2D eigenvalue weighted by Crippen LogP contribution is 2.24. The van der Waals surface area contributed by atoms with Gasteiger partial charge in [-0.3, -0.25) is 4.90 Å². The van der Waals surface area contributed by atoms with Crippen LogP contribution in [0.5, 0.6) is 0 Å². The average molecular weight is 331 g/mol. The van der Waals surface area contributed by atoms with Gasteiger partial charge in [0.15, 0.2) is 0 Å². The van der Waals surface area contributed by atoms with Crippen LogP contribution in [0.15, 0.2) is 24.3 Å². The molecule has 1 fully saturated rings. The Kier molecular flexibility index (Phi) is 4.63. The first-order chi connectivity index (χ1) is 11.0. The zero-order valence-corrected chi connectivity index (χ0v) is 14.4. The van der Waals surface area contributed by atoms with Crippen molar-refractivity contribution in [1.29, 1.82) is 0 Å². The van der Waals surface area contributed by atoms with E-state index in [4.69, 9.17) is 4.74 Å². The number of anilines is 1. The molecular weight excluding hydrogens is 310 g/mol. The average Bonchev–Trinajstić information content (AvgIpc) is 3.10. The van der Waals surface area contributed by atoms with E-state index < -0.39 is 0 Å². The first kappa shape index (κ1) is 16.0. The topological polar surface area (TPSA) is 54.5 Å². The standard InChI is InChI=1S/C17H21N3O2S/c1-11(18-10-16-12(2)23-13(3)19-16)14-5-4-6-15(9-14)20-7-8-22-17(20)21/h4-6,9,11,18H,7-8,10H2,1-3H3/t11-/m0/s1. The second kappa shape index (κ2) is 6.68. The minimum absolute atomic E-state index is 0.176. The lowest BCUT2D eigenvalue weighted by atomic mass is 10.1. The van der Waals surface area contributed by atoms with Crippen molar-refractivity contribution in [3.8, 4) is 0 Å². The lowest BCUT2D eigenvalue weighted by Gasteiger charge is -2.18. The first-order valence-electron chi connectivity index (χ1n) is 7.75. The zero-order chi connectivity index (χ0) is 16.4. The van der Waals surface area contributed by atoms with Crippen molar-refractivity contribution in [1.82, 2.24) is 10.3 Å². The molecule has 1 N–H and O–H groups in total. The van der Waals surface area contributed by atoms with Gasteiger partial charge in [-0.1, -0.05) is 12.1 Å². The van der Waals surface area contributed by atoms with Crippen LogP contribution in [-0.4, -0.2) is 24.2 Å². The van der Waals surface area contributed by atoms with Gasteiger partial charge in [-0.05, 0) is 38.5 Å². The molecule has 23 heavy (non-hydrogen) atoms. The van der Waals surface area contributed by atoms with Crippen molar-refractivity contribution in [2.24, 2.45) is 0 Å². The molecule has 5 nitrogen and oxygen atoms in total. The van der Waals surface area contributed by atoms with E-state index >= 15 is 0 Å². The van der Waals surface area contributed by atoms with Crippen LogP contribution in [0.25, 0.3) is 0 Å². The van der Waals surface area contributed by atoms with Crippen LogP contribution < -0.4 is 10.2 Å². The number of hydrogen-bond acceptors (Lipinski definition) is 5. The number of aromatic nitrogens is 1. The molecule has 1 aliphatic rings. The fourth-order valence-corrected chi connectivity index (χ4v) is 3.53. The number of thiazole rings is 1. The molecule has 1 aromatic carbocycles. The van der Waals surface area contributed by atoms with Crippen molar-refractivity contribution >= 4 is 23.1 Å². The fraction of sp³-hybridized carbons (Fsp3) is 0.412. The highest BCUT2D eigenvalue weighted by atomic mass is 32.1. The summed E-state index contributed by atoms with van der Waals surface area (Å²) in [7, 11) is 0. The normalized spacial score (nSPS) is 15.8. The van der Waals surface area contributed by atoms with Gasteiger partial charge >= 0.3 is 6.09 Å². The maximum Gasteiger partial charge on any atom is 0.414 e. The lowest BCUT2D eigenvalue weighted by Crippen LogP contribution is -2.24. The molecule has 0 aliphatic carbocycles. The molecule has 2 heterocycles. The number of carbonyl (C=O) groups is 1. The van der Waals surface area contributed by atoms with Gasteiger partial charge < -0.3 is 10.1 Å². The zero-order valence-electron chi connectivity index (χ0n) is 13.6. The maximum atomic E-state index is 11.7. The van der Waals surface area contributed by atoms with E-state index in [1.54, 1.807) is 16.2 Å². The van der Waals surface area contributed by atoms with E-state index in [-0.39, 0.29) is 12.1 Å². The second-order valence-electron chi connectivity index (χ2n) is 5.70. The Hall–Kier alpha value is -1.92. The van der Waals surface area contributed by atoms with Gasteiger partial charge in [-0.25, -0.2) is 9.78 Å². The summed E-state index contributed by atoms with van der Waals surface area (Å²) >= 11 is 1.73. The Morgan fingerprint density at radius 1 is 1.43 bits per heavy atom. The maximum absolute atomic E-state index is 11.7. The largest absolute Gasteiger partial charge is 0.447 e. The molecule has 0 saturated carbocycles. The number of aryl methyl sites for hydroxylation is 2. The Labute approximate surface area is 140 Å². The summed E-state index contributed by atoms with van der Waals surface area (Å²) in [6.07, 6.45) is -0.267. The Balaban J connectivity index is 1.68. The molecule has 122 valence electrons. The molecule has 0 spiro atoms. The number of cyclic esters (lactones) is 1. The van der Waals surface area contributed by atoms with Gasteiger partial charge in [0, 0.05) is 23.2 Å². The number of rotatable bonds is 5. The van der Waals surface area contributed by atoms with E-state index in [2.05, 4.69) is 30.2 Å². The summed E-state index contributed by atoms with van der Waals surface area (Å²) in [5, 5.41) is 4.61. The van der Waals surface area contributed by atoms with Crippen molar-refractivity contribution in [2.45, 2.75) is 33.4 Å². The van der Waals surface area contributed by atoms with Crippen LogP contribution in [0.1, 0.15) is 34.1 Å². The van der Waals surface area contributed by atoms with Crippen LogP contribution >= 0.6 is 11.3 Å². The number of benzene rings is 1. The van der Waals surface area contributed by atoms with Gasteiger partial charge in [0.05, 0.1) is 17.2 Å². The molecule has 0 unspecified atom stereocenters. The highest BCUT2D eigenvalue weighted by molar-refractivity contribution is 7.11. The van der Waals surface area contributed by atoms with E-state index in [1.165, 1.54) is 4.88 Å². The third-order valence-electron chi connectivity index (χ3n) is 4.02. The van der Waals surface area contributed by atoms with Crippen LogP contribution in [0.3, 0.4) is 0 Å². The predicted octanol–water partition coefficient (Wildman–Crippen LogP) is 3.57. The third-order valence-corrected chi connectivity index (χ3v) is 4.95. The monoisotopic (exact) mass is 331 g/mol. The predicted molar refractivity (Wildman–Crippen MR) is 92.0 cm³/mol.